The number of carboxylic acid groups (broad SMARTS) is 1. The number of carbonyl (C=O) groups excluding carboxylic acids is 1. The molecule has 4 N–H and O–H groups in total. The number of hydrogen-bond acceptors (Lipinski definition) is 9. The predicted molar refractivity (Wildman–Crippen MR) is 150 cm³/mol. The molecule has 0 aromatic carbocycles. The van der Waals surface area contributed by atoms with Crippen molar-refractivity contribution in [1.29, 1.82) is 0 Å². The van der Waals surface area contributed by atoms with Crippen LogP contribution in [0.15, 0.2) is 0 Å². The molecule has 0 unspecified atom stereocenters. The largest absolute Gasteiger partial charge is 0.480 e. The maximum absolute atomic E-state index is 12.3. The van der Waals surface area contributed by atoms with Crippen LogP contribution in [0.2, 0.25) is 0 Å². The van der Waals surface area contributed by atoms with Crippen LogP contribution in [0.4, 0.5) is 0 Å². The van der Waals surface area contributed by atoms with Crippen LogP contribution in [0.3, 0.4) is 0 Å². The monoisotopic (exact) mass is 583 g/mol. The van der Waals surface area contributed by atoms with Gasteiger partial charge in [-0.3, -0.25) is 9.59 Å². The third-order valence-electron chi connectivity index (χ3n) is 5.32. The number of nitrogens with one attached hydrogen (secondary N) is 3. The summed E-state index contributed by atoms with van der Waals surface area (Å²) in [7, 11) is -3.87. The molecule has 0 bridgehead atoms. The molecular formula is C26H53N3O9S. The quantitative estimate of drug-likeness (QED) is 0.110. The molecule has 0 spiro atoms. The van der Waals surface area contributed by atoms with Gasteiger partial charge in [0.2, 0.25) is 15.9 Å². The lowest BCUT2D eigenvalue weighted by atomic mass is 10.1. The third-order valence-corrected chi connectivity index (χ3v) is 6.70. The van der Waals surface area contributed by atoms with E-state index in [-0.39, 0.29) is 37.4 Å². The number of carbonyl (C=O) groups is 2. The van der Waals surface area contributed by atoms with Crippen molar-refractivity contribution < 1.29 is 42.1 Å². The molecule has 39 heavy (non-hydrogen) atoms. The highest BCUT2D eigenvalue weighted by molar-refractivity contribution is 7.89. The van der Waals surface area contributed by atoms with E-state index in [1.165, 1.54) is 0 Å². The second-order valence-electron chi connectivity index (χ2n) is 10.7. The molecule has 13 heteroatoms. The van der Waals surface area contributed by atoms with Crippen molar-refractivity contribution in [2.45, 2.75) is 78.3 Å². The van der Waals surface area contributed by atoms with Crippen LogP contribution in [0.5, 0.6) is 0 Å². The summed E-state index contributed by atoms with van der Waals surface area (Å²) in [6.45, 7) is 14.6. The molecule has 232 valence electrons. The van der Waals surface area contributed by atoms with Gasteiger partial charge in [-0.2, -0.15) is 0 Å². The van der Waals surface area contributed by atoms with Crippen LogP contribution in [0, 0.1) is 5.92 Å². The van der Waals surface area contributed by atoms with E-state index in [1.54, 1.807) is 0 Å². The molecule has 0 radical (unpaired) electrons. The zero-order chi connectivity index (χ0) is 29.6. The lowest BCUT2D eigenvalue weighted by molar-refractivity contribution is -0.139. The van der Waals surface area contributed by atoms with E-state index in [1.807, 2.05) is 20.8 Å². The van der Waals surface area contributed by atoms with E-state index in [9.17, 15) is 23.1 Å². The number of carboxylic acids is 1. The first kappa shape index (κ1) is 37.6. The van der Waals surface area contributed by atoms with Crippen LogP contribution in [-0.2, 0) is 38.6 Å². The molecule has 1 amide bonds. The van der Waals surface area contributed by atoms with Crippen LogP contribution < -0.4 is 15.4 Å². The molecule has 0 aliphatic rings. The highest BCUT2D eigenvalue weighted by Crippen LogP contribution is 2.05. The van der Waals surface area contributed by atoms with Gasteiger partial charge in [-0.25, -0.2) is 13.1 Å². The molecule has 0 aromatic heterocycles. The molecule has 0 rings (SSSR count). The van der Waals surface area contributed by atoms with Gasteiger partial charge >= 0.3 is 5.97 Å². The number of amides is 1. The first-order valence-corrected chi connectivity index (χ1v) is 15.5. The van der Waals surface area contributed by atoms with E-state index in [2.05, 4.69) is 29.2 Å². The Morgan fingerprint density at radius 2 is 1.33 bits per heavy atom. The fraction of sp³-hybridized carbons (Fsp3) is 0.923. The third kappa shape index (κ3) is 26.6. The maximum Gasteiger partial charge on any atom is 0.321 e. The molecule has 0 saturated carbocycles. The molecule has 0 heterocycles. The van der Waals surface area contributed by atoms with E-state index >= 15 is 0 Å². The van der Waals surface area contributed by atoms with E-state index in [4.69, 9.17) is 18.9 Å². The van der Waals surface area contributed by atoms with Crippen molar-refractivity contribution >= 4 is 21.9 Å². The maximum atomic E-state index is 12.3. The Kier molecular flexibility index (Phi) is 21.6. The van der Waals surface area contributed by atoms with Gasteiger partial charge in [-0.05, 0) is 52.5 Å². The number of aliphatic carboxylic acids is 1. The summed E-state index contributed by atoms with van der Waals surface area (Å²) in [5.41, 5.74) is -0.0306. The van der Waals surface area contributed by atoms with Gasteiger partial charge in [-0.15, -0.1) is 0 Å². The van der Waals surface area contributed by atoms with Crippen LogP contribution in [0.25, 0.3) is 0 Å². The topological polar surface area (TPSA) is 162 Å². The summed E-state index contributed by atoms with van der Waals surface area (Å²) in [6, 6.07) is -1.20. The lowest BCUT2D eigenvalue weighted by Crippen LogP contribution is -2.44. The van der Waals surface area contributed by atoms with Gasteiger partial charge in [0.25, 0.3) is 0 Å². The average molecular weight is 584 g/mol. The molecule has 0 fully saturated rings. The van der Waals surface area contributed by atoms with Gasteiger partial charge < -0.3 is 34.7 Å². The van der Waals surface area contributed by atoms with Crippen LogP contribution in [-0.4, -0.2) is 109 Å². The summed E-state index contributed by atoms with van der Waals surface area (Å²) >= 11 is 0. The second-order valence-corrected chi connectivity index (χ2v) is 12.6. The molecular weight excluding hydrogens is 530 g/mol. The van der Waals surface area contributed by atoms with E-state index in [0.717, 1.165) is 26.0 Å². The lowest BCUT2D eigenvalue weighted by Gasteiger charge is -2.20. The highest BCUT2D eigenvalue weighted by Gasteiger charge is 2.23. The average Bonchev–Trinajstić information content (AvgIpc) is 2.82. The molecule has 0 aliphatic carbocycles. The fourth-order valence-electron chi connectivity index (χ4n) is 3.10. The normalized spacial score (nSPS) is 13.1. The molecule has 0 aromatic rings. The second kappa shape index (κ2) is 22.4. The van der Waals surface area contributed by atoms with Gasteiger partial charge in [0, 0.05) is 25.1 Å². The Labute approximate surface area is 235 Å². The van der Waals surface area contributed by atoms with Crippen molar-refractivity contribution in [3.8, 4) is 0 Å². The predicted octanol–water partition coefficient (Wildman–Crippen LogP) is 1.54. The minimum Gasteiger partial charge on any atom is -0.480 e. The Morgan fingerprint density at radius 3 is 1.85 bits per heavy atom. The first-order chi connectivity index (χ1) is 18.3. The van der Waals surface area contributed by atoms with E-state index in [0.29, 0.717) is 52.0 Å². The van der Waals surface area contributed by atoms with E-state index < -0.39 is 27.8 Å². The zero-order valence-corrected chi connectivity index (χ0v) is 25.4. The number of hydrogen-bond donors (Lipinski definition) is 4. The Hall–Kier alpha value is -1.35. The van der Waals surface area contributed by atoms with Crippen molar-refractivity contribution in [2.24, 2.45) is 5.92 Å². The SMILES string of the molecule is CC(C)CCOCCOCCOCCOCCC(=O)NCCS(=O)(=O)N[C@@H](CCCCNC(C)(C)C)C(=O)O. The smallest absolute Gasteiger partial charge is 0.321 e. The minimum atomic E-state index is -3.87. The Balaban J connectivity index is 3.79. The summed E-state index contributed by atoms with van der Waals surface area (Å²) < 4.78 is 48.3. The van der Waals surface area contributed by atoms with Gasteiger partial charge in [0.1, 0.15) is 6.04 Å². The summed E-state index contributed by atoms with van der Waals surface area (Å²) in [5.74, 6) is -1.35. The zero-order valence-electron chi connectivity index (χ0n) is 24.6. The summed E-state index contributed by atoms with van der Waals surface area (Å²) in [6.07, 6.45) is 2.60. The molecule has 12 nitrogen and oxygen atoms in total. The molecule has 0 saturated heterocycles. The van der Waals surface area contributed by atoms with Gasteiger partial charge in [0.05, 0.1) is 52.0 Å². The summed E-state index contributed by atoms with van der Waals surface area (Å²) in [4.78, 5) is 23.4. The summed E-state index contributed by atoms with van der Waals surface area (Å²) in [5, 5.41) is 15.2. The highest BCUT2D eigenvalue weighted by atomic mass is 32.2. The minimum absolute atomic E-state index is 0.0306. The Morgan fingerprint density at radius 1 is 0.795 bits per heavy atom. The standard InChI is InChI=1S/C26H53N3O9S/c1-22(2)9-13-35-15-17-37-19-20-38-18-16-36-14-10-24(30)27-12-21-39(33,34)29-23(25(31)32)8-6-7-11-28-26(3,4)5/h22-23,28-29H,6-21H2,1-5H3,(H,27,30)(H,31,32)/t23-/m0/s1. The number of sulfonamides is 1. The number of rotatable bonds is 26. The number of ether oxygens (including phenoxy) is 4. The van der Waals surface area contributed by atoms with Crippen molar-refractivity contribution in [2.75, 3.05) is 71.7 Å². The van der Waals surface area contributed by atoms with Gasteiger partial charge in [0.15, 0.2) is 0 Å². The van der Waals surface area contributed by atoms with Crippen molar-refractivity contribution in [3.05, 3.63) is 0 Å². The van der Waals surface area contributed by atoms with Crippen molar-refractivity contribution in [1.82, 2.24) is 15.4 Å². The first-order valence-electron chi connectivity index (χ1n) is 13.9. The number of unbranched alkanes of at least 4 members (excludes halogenated alkanes) is 1. The molecule has 0 aliphatic heterocycles. The van der Waals surface area contributed by atoms with Crippen molar-refractivity contribution in [3.63, 3.8) is 0 Å². The van der Waals surface area contributed by atoms with Gasteiger partial charge in [-0.1, -0.05) is 20.3 Å². The fourth-order valence-corrected chi connectivity index (χ4v) is 4.25. The van der Waals surface area contributed by atoms with Crippen LogP contribution in [0.1, 0.15) is 66.7 Å². The van der Waals surface area contributed by atoms with Crippen LogP contribution >= 0.6 is 0 Å². The Bertz CT molecular complexity index is 743. The molecule has 1 atom stereocenters.